The molecule has 0 saturated carbocycles. The van der Waals surface area contributed by atoms with Crippen molar-refractivity contribution in [3.8, 4) is 67.3 Å². The van der Waals surface area contributed by atoms with Crippen LogP contribution in [-0.4, -0.2) is 142 Å². The summed E-state index contributed by atoms with van der Waals surface area (Å²) in [4.78, 5) is 112. The quantitative estimate of drug-likeness (QED) is 0.0329. The number of H-pyrrole nitrogens is 4. The largest absolute Gasteiger partial charge is 0.481 e. The number of alkyl carbamates (subject to hydrolysis) is 1. The first-order valence-corrected chi connectivity index (χ1v) is 39.3. The summed E-state index contributed by atoms with van der Waals surface area (Å²) in [5, 5.41) is 19.6. The molecule has 7 N–H and O–H groups in total. The van der Waals surface area contributed by atoms with Crippen molar-refractivity contribution >= 4 is 57.3 Å². The van der Waals surface area contributed by atoms with Crippen LogP contribution in [0.1, 0.15) is 144 Å². The number of benzene rings is 8. The van der Waals surface area contributed by atoms with Gasteiger partial charge in [-0.25, -0.2) is 24.7 Å². The van der Waals surface area contributed by atoms with E-state index in [0.29, 0.717) is 25.4 Å². The maximum Gasteiger partial charge on any atom is 0.407 e. The van der Waals surface area contributed by atoms with Crippen molar-refractivity contribution in [1.29, 1.82) is 0 Å². The summed E-state index contributed by atoms with van der Waals surface area (Å²) in [6.07, 6.45) is 15.4. The number of hydrogen-bond donors (Lipinski definition) is 7. The molecular formula is C91H97N13O9. The molecule has 4 amide bonds. The van der Waals surface area contributed by atoms with Crippen molar-refractivity contribution in [1.82, 2.24) is 65.2 Å². The van der Waals surface area contributed by atoms with E-state index in [-0.39, 0.29) is 54.1 Å². The van der Waals surface area contributed by atoms with Crippen LogP contribution < -0.4 is 10.6 Å². The van der Waals surface area contributed by atoms with Gasteiger partial charge in [-0.15, -0.1) is 0 Å². The lowest BCUT2D eigenvalue weighted by Crippen LogP contribution is -2.51. The number of carbonyl (C=O) groups excluding carboxylic acids is 5. The molecular weight excluding hydrogens is 1420 g/mol. The minimum atomic E-state index is -0.949. The van der Waals surface area contributed by atoms with E-state index in [1.54, 1.807) is 13.8 Å². The summed E-state index contributed by atoms with van der Waals surface area (Å²) in [7, 11) is 2.55. The van der Waals surface area contributed by atoms with Crippen molar-refractivity contribution in [2.24, 2.45) is 17.8 Å². The van der Waals surface area contributed by atoms with Gasteiger partial charge in [-0.05, 0) is 136 Å². The highest BCUT2D eigenvalue weighted by molar-refractivity contribution is 6.06. The molecule has 113 heavy (non-hydrogen) atoms. The van der Waals surface area contributed by atoms with Crippen LogP contribution in [0.25, 0.3) is 88.8 Å². The highest BCUT2D eigenvalue weighted by atomic mass is 16.5. The molecule has 0 aliphatic carbocycles. The van der Waals surface area contributed by atoms with Crippen LogP contribution in [0, 0.1) is 17.8 Å². The van der Waals surface area contributed by atoms with Gasteiger partial charge in [0.25, 0.3) is 0 Å². The minimum absolute atomic E-state index is 0.0144. The van der Waals surface area contributed by atoms with Gasteiger partial charge in [-0.2, -0.15) is 0 Å². The number of imidazole rings is 4. The van der Waals surface area contributed by atoms with Gasteiger partial charge in [0.15, 0.2) is 0 Å². The minimum Gasteiger partial charge on any atom is -0.481 e. The van der Waals surface area contributed by atoms with Crippen LogP contribution in [-0.2, 0) is 46.3 Å². The number of aromatic nitrogens is 8. The molecule has 16 rings (SSSR count). The molecule has 4 fully saturated rings. The molecule has 4 aromatic heterocycles. The second-order valence-electron chi connectivity index (χ2n) is 30.3. The predicted molar refractivity (Wildman–Crippen MR) is 437 cm³/mol. The number of nitrogens with zero attached hydrogens (tertiary/aromatic N) is 7. The van der Waals surface area contributed by atoms with Crippen LogP contribution in [0.4, 0.5) is 4.79 Å². The highest BCUT2D eigenvalue weighted by Gasteiger charge is 2.39. The summed E-state index contributed by atoms with van der Waals surface area (Å²) in [5.74, 6) is 1.37. The maximum atomic E-state index is 13.7. The number of rotatable bonds is 21. The van der Waals surface area contributed by atoms with Crippen LogP contribution in [0.2, 0.25) is 0 Å². The number of carbonyl (C=O) groups is 6. The van der Waals surface area contributed by atoms with Gasteiger partial charge in [-0.3, -0.25) is 24.0 Å². The third-order valence-electron chi connectivity index (χ3n) is 22.4. The average molecular weight is 1520 g/mol. The zero-order valence-corrected chi connectivity index (χ0v) is 64.7. The zero-order chi connectivity index (χ0) is 78.7. The standard InChI is InChI=1S/C45H47N7O4.C38H36N6O.C8H14O4/c1-28(2)41(50-45(55)56-3)44(54)52-24-10-16-39(52)43-47-27-37(49-43)35-22-21-32(33-13-7-8-14-34(33)35)30-17-19-31(20-18-30)36-26-46-42(48-36)38-15-9-23-51(38)40(53)25-29-11-5-4-6-12-29;45-36(22-25-8-2-1-3-9-25)44-21-7-13-35(44)38-41-23-33(42-38)27-16-14-26(15-17-27)28-18-19-31(30-11-5-4-10-29(28)30)34-24-40-37(43-34)32-12-6-20-39-32;1-5(2)6(8(10)11)4-7(9)12-3/h4-8,11-14,17-22,26-28,38-39,41H,9-10,15-16,23-25H2,1-3H3,(H,46,48)(H,47,49)(H,50,55);1-5,8-11,14-19,23-24,32,35,39H,6-7,12-13,20-22H2,(H,40,43)(H,41,42);5-6H,4H2,1-3H3,(H,10,11)/t38-,39-,41-;32-,35-;6-/m000/s1. The lowest BCUT2D eigenvalue weighted by molar-refractivity contribution is -0.151. The molecule has 0 spiro atoms. The molecule has 0 unspecified atom stereocenters. The van der Waals surface area contributed by atoms with Gasteiger partial charge in [0.05, 0.1) is 111 Å². The topological polar surface area (TPSA) is 290 Å². The van der Waals surface area contributed by atoms with E-state index in [2.05, 4.69) is 151 Å². The van der Waals surface area contributed by atoms with Gasteiger partial charge < -0.3 is 59.8 Å². The Balaban J connectivity index is 0.000000166. The van der Waals surface area contributed by atoms with Crippen molar-refractivity contribution in [2.45, 2.75) is 129 Å². The van der Waals surface area contributed by atoms with Gasteiger partial charge in [0.1, 0.15) is 29.3 Å². The van der Waals surface area contributed by atoms with Crippen LogP contribution >= 0.6 is 0 Å². The molecule has 0 radical (unpaired) electrons. The number of carboxylic acid groups (broad SMARTS) is 1. The van der Waals surface area contributed by atoms with Crippen LogP contribution in [0.5, 0.6) is 0 Å². The molecule has 8 heterocycles. The molecule has 4 saturated heterocycles. The Hall–Kier alpha value is -12.3. The lowest BCUT2D eigenvalue weighted by Gasteiger charge is -2.30. The van der Waals surface area contributed by atoms with E-state index in [1.807, 2.05) is 120 Å². The molecule has 0 bridgehead atoms. The third kappa shape index (κ3) is 17.6. The Kier molecular flexibility index (Phi) is 24.2. The number of aromatic amines is 4. The normalized spacial score (nSPS) is 17.2. The average Bonchev–Trinajstić information content (AvgIpc) is 1.75. The molecule has 580 valence electrons. The van der Waals surface area contributed by atoms with Gasteiger partial charge >= 0.3 is 18.0 Å². The zero-order valence-electron chi connectivity index (χ0n) is 64.7. The van der Waals surface area contributed by atoms with Crippen LogP contribution in [0.15, 0.2) is 207 Å². The maximum absolute atomic E-state index is 13.7. The molecule has 22 heteroatoms. The first-order valence-electron chi connectivity index (χ1n) is 39.3. The molecule has 12 aromatic rings. The van der Waals surface area contributed by atoms with E-state index in [1.165, 1.54) is 37.0 Å². The number of esters is 1. The summed E-state index contributed by atoms with van der Waals surface area (Å²) < 4.78 is 9.17. The second kappa shape index (κ2) is 35.4. The van der Waals surface area contributed by atoms with Crippen molar-refractivity contribution in [2.75, 3.05) is 40.4 Å². The third-order valence-corrected chi connectivity index (χ3v) is 22.4. The van der Waals surface area contributed by atoms with E-state index in [9.17, 15) is 28.8 Å². The molecule has 22 nitrogen and oxygen atoms in total. The van der Waals surface area contributed by atoms with E-state index in [4.69, 9.17) is 29.8 Å². The van der Waals surface area contributed by atoms with Crippen molar-refractivity contribution < 1.29 is 43.3 Å². The van der Waals surface area contributed by atoms with Gasteiger partial charge in [0, 0.05) is 30.8 Å². The Morgan fingerprint density at radius 1 is 0.442 bits per heavy atom. The summed E-state index contributed by atoms with van der Waals surface area (Å²) in [5.41, 5.74) is 14.7. The number of aliphatic carboxylic acids is 1. The monoisotopic (exact) mass is 1520 g/mol. The fraction of sp³-hybridized carbons (Fsp3) is 0.319. The summed E-state index contributed by atoms with van der Waals surface area (Å²) in [6, 6.07) is 62.1. The van der Waals surface area contributed by atoms with Gasteiger partial charge in [-0.1, -0.05) is 210 Å². The fourth-order valence-electron chi connectivity index (χ4n) is 16.3. The van der Waals surface area contributed by atoms with E-state index < -0.39 is 30.0 Å². The Labute approximate surface area is 657 Å². The number of carboxylic acids is 1. The van der Waals surface area contributed by atoms with E-state index in [0.717, 1.165) is 171 Å². The molecule has 4 aliphatic heterocycles. The number of ether oxygens (including phenoxy) is 2. The fourth-order valence-corrected chi connectivity index (χ4v) is 16.3. The SMILES string of the molecule is COC(=O)C[C@H](C(=O)O)C(C)C.COC(=O)N[C@H](C(=O)N1CCC[C@H]1c1ncc(-c2ccc(-c3ccc(-c4cnc([C@@H]5CCCN5C(=O)Cc5ccccc5)[nH]4)cc3)c3ccccc23)[nH]1)C(C)C.O=C(Cc1ccccc1)N1CCC[C@H]1c1ncc(-c2ccc(-c3ccc(-c4cnc([C@@H]5CCCN5)[nH]4)c4ccccc34)cc2)[nH]1. The van der Waals surface area contributed by atoms with Crippen LogP contribution in [0.3, 0.4) is 0 Å². The first kappa shape index (κ1) is 77.4. The second-order valence-corrected chi connectivity index (χ2v) is 30.3. The number of likely N-dealkylation sites (tertiary alicyclic amines) is 3. The molecule has 8 aromatic carbocycles. The number of amides is 4. The highest BCUT2D eigenvalue weighted by Crippen LogP contribution is 2.42. The number of hydrogen-bond acceptors (Lipinski definition) is 13. The predicted octanol–water partition coefficient (Wildman–Crippen LogP) is 16.8. The van der Waals surface area contributed by atoms with Crippen molar-refractivity contribution in [3.05, 3.63) is 241 Å². The number of fused-ring (bicyclic) bond motifs is 2. The molecule has 6 atom stereocenters. The van der Waals surface area contributed by atoms with Crippen molar-refractivity contribution in [3.63, 3.8) is 0 Å². The number of nitrogens with one attached hydrogen (secondary N) is 6. The Morgan fingerprint density at radius 2 is 0.832 bits per heavy atom. The Bertz CT molecular complexity index is 5320. The summed E-state index contributed by atoms with van der Waals surface area (Å²) >= 11 is 0. The Morgan fingerprint density at radius 3 is 1.25 bits per heavy atom. The van der Waals surface area contributed by atoms with E-state index >= 15 is 0 Å². The van der Waals surface area contributed by atoms with Gasteiger partial charge in [0.2, 0.25) is 17.7 Å². The summed E-state index contributed by atoms with van der Waals surface area (Å²) in [6.45, 7) is 10.5. The smallest absolute Gasteiger partial charge is 0.407 e. The lowest BCUT2D eigenvalue weighted by atomic mass is 9.93. The number of methoxy groups -OCH3 is 2. The first-order chi connectivity index (χ1) is 55.0. The molecule has 4 aliphatic rings.